The summed E-state index contributed by atoms with van der Waals surface area (Å²) >= 11 is 1.45. The molecule has 0 spiro atoms. The van der Waals surface area contributed by atoms with E-state index in [-0.39, 0.29) is 25.4 Å². The minimum atomic E-state index is -2.52. The average molecular weight is 244 g/mol. The Morgan fingerprint density at radius 1 is 1.56 bits per heavy atom. The van der Waals surface area contributed by atoms with Crippen molar-refractivity contribution in [3.63, 3.8) is 0 Å². The van der Waals surface area contributed by atoms with E-state index >= 15 is 0 Å². The summed E-state index contributed by atoms with van der Waals surface area (Å²) in [6.07, 6.45) is 3.09. The zero-order valence-electron chi connectivity index (χ0n) is 8.36. The van der Waals surface area contributed by atoms with Gasteiger partial charge in [-0.25, -0.2) is 13.8 Å². The number of hydrogen-bond acceptors (Lipinski definition) is 3. The van der Waals surface area contributed by atoms with Crippen LogP contribution < -0.4 is 0 Å². The van der Waals surface area contributed by atoms with Gasteiger partial charge in [0.05, 0.1) is 18.5 Å². The second kappa shape index (κ2) is 3.24. The molecular formula is C10H10F2N2OS. The number of aromatic nitrogens is 2. The minimum Gasteiger partial charge on any atom is -0.390 e. The van der Waals surface area contributed by atoms with Gasteiger partial charge in [0.2, 0.25) is 5.92 Å². The fourth-order valence-corrected chi connectivity index (χ4v) is 3.38. The van der Waals surface area contributed by atoms with Gasteiger partial charge < -0.3 is 5.11 Å². The highest BCUT2D eigenvalue weighted by atomic mass is 32.1. The third kappa shape index (κ3) is 1.36. The second-order valence-corrected chi connectivity index (χ2v) is 5.20. The quantitative estimate of drug-likeness (QED) is 0.880. The highest BCUT2D eigenvalue weighted by molar-refractivity contribution is 7.17. The Hall–Kier alpha value is -1.01. The fraction of sp³-hybridized carbons (Fsp3) is 0.500. The summed E-state index contributed by atoms with van der Waals surface area (Å²) in [4.78, 5) is 5.73. The predicted octanol–water partition coefficient (Wildman–Crippen LogP) is 2.40. The molecule has 0 amide bonds. The molecular weight excluding hydrogens is 234 g/mol. The minimum absolute atomic E-state index is 0.100. The van der Waals surface area contributed by atoms with Gasteiger partial charge in [-0.15, -0.1) is 11.3 Å². The molecule has 3 nitrogen and oxygen atoms in total. The number of rotatable bonds is 2. The first kappa shape index (κ1) is 10.2. The van der Waals surface area contributed by atoms with Gasteiger partial charge in [0.15, 0.2) is 0 Å². The van der Waals surface area contributed by atoms with E-state index in [1.165, 1.54) is 11.3 Å². The number of aliphatic hydroxyl groups is 1. The Bertz CT molecular complexity index is 526. The summed E-state index contributed by atoms with van der Waals surface area (Å²) in [5.74, 6) is -2.63. The van der Waals surface area contributed by atoms with Gasteiger partial charge in [-0.05, 0) is 0 Å². The lowest BCUT2D eigenvalue weighted by Gasteiger charge is -2.34. The molecule has 1 aliphatic carbocycles. The Labute approximate surface area is 94.4 Å². The monoisotopic (exact) mass is 244 g/mol. The maximum absolute atomic E-state index is 12.8. The van der Waals surface area contributed by atoms with Crippen molar-refractivity contribution in [1.82, 2.24) is 9.38 Å². The van der Waals surface area contributed by atoms with E-state index in [0.717, 1.165) is 9.71 Å². The molecule has 86 valence electrons. The number of fused-ring (bicyclic) bond motifs is 1. The molecule has 16 heavy (non-hydrogen) atoms. The van der Waals surface area contributed by atoms with Crippen LogP contribution in [0.4, 0.5) is 8.78 Å². The Kier molecular flexibility index (Phi) is 2.06. The first-order valence-corrected chi connectivity index (χ1v) is 5.85. The third-order valence-electron chi connectivity index (χ3n) is 3.00. The van der Waals surface area contributed by atoms with Crippen molar-refractivity contribution in [3.8, 4) is 0 Å². The standard InChI is InChI=1S/C10H10F2N2OS/c11-10(12)1-6(2-10)9-7(4-15)14-5-13-3-8(14)16-9/h3,5-6,15H,1-2,4H2. The zero-order valence-corrected chi connectivity index (χ0v) is 9.18. The van der Waals surface area contributed by atoms with Crippen LogP contribution in [0.5, 0.6) is 0 Å². The van der Waals surface area contributed by atoms with E-state index in [0.29, 0.717) is 5.69 Å². The summed E-state index contributed by atoms with van der Waals surface area (Å²) in [7, 11) is 0. The fourth-order valence-electron chi connectivity index (χ4n) is 2.17. The molecule has 1 saturated carbocycles. The molecule has 0 saturated heterocycles. The van der Waals surface area contributed by atoms with Crippen LogP contribution in [-0.4, -0.2) is 20.4 Å². The highest BCUT2D eigenvalue weighted by Crippen LogP contribution is 2.51. The van der Waals surface area contributed by atoms with E-state index in [9.17, 15) is 13.9 Å². The molecule has 0 radical (unpaired) electrons. The number of imidazole rings is 1. The lowest BCUT2D eigenvalue weighted by atomic mass is 9.80. The van der Waals surface area contributed by atoms with Crippen LogP contribution in [0.1, 0.15) is 29.3 Å². The summed E-state index contributed by atoms with van der Waals surface area (Å²) in [5.41, 5.74) is 0.706. The summed E-state index contributed by atoms with van der Waals surface area (Å²) in [6.45, 7) is -0.131. The van der Waals surface area contributed by atoms with Gasteiger partial charge in [-0.2, -0.15) is 0 Å². The number of nitrogens with zero attached hydrogens (tertiary/aromatic N) is 2. The van der Waals surface area contributed by atoms with Crippen LogP contribution in [0.3, 0.4) is 0 Å². The number of hydrogen-bond donors (Lipinski definition) is 1. The summed E-state index contributed by atoms with van der Waals surface area (Å²) in [5, 5.41) is 9.29. The van der Waals surface area contributed by atoms with Crippen molar-refractivity contribution in [2.45, 2.75) is 31.3 Å². The van der Waals surface area contributed by atoms with E-state index in [4.69, 9.17) is 0 Å². The van der Waals surface area contributed by atoms with Crippen molar-refractivity contribution >= 4 is 16.2 Å². The SMILES string of the molecule is OCc1c(C2CC(F)(F)C2)sc2cncn12. The third-order valence-corrected chi connectivity index (χ3v) is 4.31. The molecule has 1 N–H and O–H groups in total. The average Bonchev–Trinajstić information content (AvgIpc) is 2.71. The Morgan fingerprint density at radius 2 is 2.31 bits per heavy atom. The molecule has 1 aliphatic rings. The molecule has 6 heteroatoms. The van der Waals surface area contributed by atoms with Gasteiger partial charge in [0, 0.05) is 23.6 Å². The molecule has 2 aromatic rings. The lowest BCUT2D eigenvalue weighted by Crippen LogP contribution is -2.33. The van der Waals surface area contributed by atoms with Gasteiger partial charge in [0.25, 0.3) is 0 Å². The van der Waals surface area contributed by atoms with E-state index < -0.39 is 5.92 Å². The van der Waals surface area contributed by atoms with Gasteiger partial charge >= 0.3 is 0 Å². The molecule has 0 unspecified atom stereocenters. The van der Waals surface area contributed by atoms with Crippen LogP contribution in [0.25, 0.3) is 4.83 Å². The number of halogens is 2. The molecule has 2 heterocycles. The summed E-state index contributed by atoms with van der Waals surface area (Å²) in [6, 6.07) is 0. The molecule has 2 aromatic heterocycles. The van der Waals surface area contributed by atoms with Crippen molar-refractivity contribution in [2.24, 2.45) is 0 Å². The maximum Gasteiger partial charge on any atom is 0.249 e. The number of thiazole rings is 1. The molecule has 1 fully saturated rings. The van der Waals surface area contributed by atoms with E-state index in [1.807, 2.05) is 0 Å². The molecule has 0 aromatic carbocycles. The smallest absolute Gasteiger partial charge is 0.249 e. The van der Waals surface area contributed by atoms with Crippen LogP contribution in [0.15, 0.2) is 12.5 Å². The molecule has 3 rings (SSSR count). The maximum atomic E-state index is 12.8. The van der Waals surface area contributed by atoms with Gasteiger partial charge in [0.1, 0.15) is 11.2 Å². The Morgan fingerprint density at radius 3 is 2.94 bits per heavy atom. The number of aliphatic hydroxyl groups excluding tert-OH is 1. The molecule has 0 bridgehead atoms. The van der Waals surface area contributed by atoms with Crippen LogP contribution in [-0.2, 0) is 6.61 Å². The number of alkyl halides is 2. The first-order chi connectivity index (χ1) is 7.61. The van der Waals surface area contributed by atoms with Gasteiger partial charge in [-0.1, -0.05) is 0 Å². The van der Waals surface area contributed by atoms with Crippen LogP contribution >= 0.6 is 11.3 Å². The Balaban J connectivity index is 2.00. The predicted molar refractivity (Wildman–Crippen MR) is 55.9 cm³/mol. The lowest BCUT2D eigenvalue weighted by molar-refractivity contribution is -0.0863. The molecule has 0 aliphatic heterocycles. The topological polar surface area (TPSA) is 37.5 Å². The van der Waals surface area contributed by atoms with Crippen molar-refractivity contribution in [3.05, 3.63) is 23.1 Å². The zero-order chi connectivity index (χ0) is 11.3. The molecule has 0 atom stereocenters. The van der Waals surface area contributed by atoms with Crippen molar-refractivity contribution in [1.29, 1.82) is 0 Å². The first-order valence-electron chi connectivity index (χ1n) is 5.03. The van der Waals surface area contributed by atoms with Crippen molar-refractivity contribution in [2.75, 3.05) is 0 Å². The van der Waals surface area contributed by atoms with Gasteiger partial charge in [-0.3, -0.25) is 4.40 Å². The summed E-state index contributed by atoms with van der Waals surface area (Å²) < 4.78 is 27.4. The largest absolute Gasteiger partial charge is 0.390 e. The van der Waals surface area contributed by atoms with Crippen LogP contribution in [0, 0.1) is 0 Å². The normalized spacial score (nSPS) is 20.2. The van der Waals surface area contributed by atoms with Crippen molar-refractivity contribution < 1.29 is 13.9 Å². The van der Waals surface area contributed by atoms with E-state index in [1.54, 1.807) is 16.9 Å². The second-order valence-electron chi connectivity index (χ2n) is 4.13. The van der Waals surface area contributed by atoms with Crippen LogP contribution in [0.2, 0.25) is 0 Å². The van der Waals surface area contributed by atoms with E-state index in [2.05, 4.69) is 4.98 Å². The highest BCUT2D eigenvalue weighted by Gasteiger charge is 2.47.